The summed E-state index contributed by atoms with van der Waals surface area (Å²) in [6, 6.07) is 0.936. The summed E-state index contributed by atoms with van der Waals surface area (Å²) in [4.78, 5) is 4.79. The second-order valence-electron chi connectivity index (χ2n) is 7.24. The summed E-state index contributed by atoms with van der Waals surface area (Å²) >= 11 is 0. The molecular formula is C15H25N5. The third-order valence-electron chi connectivity index (χ3n) is 5.62. The van der Waals surface area contributed by atoms with Crippen molar-refractivity contribution in [1.82, 2.24) is 14.8 Å². The van der Waals surface area contributed by atoms with E-state index in [4.69, 9.17) is 15.8 Å². The van der Waals surface area contributed by atoms with Crippen LogP contribution in [0.2, 0.25) is 0 Å². The molecule has 2 aliphatic carbocycles. The van der Waals surface area contributed by atoms with Gasteiger partial charge in [0.25, 0.3) is 0 Å². The molecule has 5 nitrogen and oxygen atoms in total. The molecule has 1 aliphatic heterocycles. The highest BCUT2D eigenvalue weighted by atomic mass is 15.4. The van der Waals surface area contributed by atoms with Crippen molar-refractivity contribution in [3.8, 4) is 0 Å². The van der Waals surface area contributed by atoms with E-state index in [1.165, 1.54) is 19.3 Å². The van der Waals surface area contributed by atoms with Crippen LogP contribution in [0.3, 0.4) is 0 Å². The van der Waals surface area contributed by atoms with Crippen molar-refractivity contribution in [2.45, 2.75) is 69.9 Å². The first-order valence-corrected chi connectivity index (χ1v) is 8.12. The molecule has 4 rings (SSSR count). The molecule has 0 radical (unpaired) electrons. The second kappa shape index (κ2) is 4.45. The normalized spacial score (nSPS) is 35.2. The van der Waals surface area contributed by atoms with Crippen LogP contribution in [0.5, 0.6) is 0 Å². The Morgan fingerprint density at radius 3 is 2.65 bits per heavy atom. The van der Waals surface area contributed by atoms with Crippen LogP contribution in [0.4, 0.5) is 5.95 Å². The van der Waals surface area contributed by atoms with Gasteiger partial charge in [0.05, 0.1) is 6.04 Å². The van der Waals surface area contributed by atoms with Gasteiger partial charge in [-0.1, -0.05) is 6.92 Å². The van der Waals surface area contributed by atoms with Crippen LogP contribution in [-0.2, 0) is 0 Å². The molecule has 1 aromatic heterocycles. The number of hydrogen-bond donors (Lipinski definition) is 2. The Bertz CT molecular complexity index is 496. The molecule has 2 heterocycles. The monoisotopic (exact) mass is 275 g/mol. The predicted molar refractivity (Wildman–Crippen MR) is 78.7 cm³/mol. The third-order valence-corrected chi connectivity index (χ3v) is 5.62. The molecular weight excluding hydrogens is 250 g/mol. The number of nitrogens with zero attached hydrogens (tertiary/aromatic N) is 3. The van der Waals surface area contributed by atoms with Crippen LogP contribution < -0.4 is 11.1 Å². The summed E-state index contributed by atoms with van der Waals surface area (Å²) in [5.74, 6) is 2.57. The van der Waals surface area contributed by atoms with Gasteiger partial charge in [-0.2, -0.15) is 10.1 Å². The van der Waals surface area contributed by atoms with Gasteiger partial charge in [-0.15, -0.1) is 0 Å². The molecule has 110 valence electrons. The summed E-state index contributed by atoms with van der Waals surface area (Å²) < 4.78 is 2.19. The lowest BCUT2D eigenvalue weighted by atomic mass is 9.86. The summed E-state index contributed by atoms with van der Waals surface area (Å²) in [5.41, 5.74) is 6.47. The molecule has 0 amide bonds. The molecule has 0 aromatic carbocycles. The van der Waals surface area contributed by atoms with E-state index in [-0.39, 0.29) is 0 Å². The van der Waals surface area contributed by atoms with Gasteiger partial charge in [-0.05, 0) is 50.4 Å². The van der Waals surface area contributed by atoms with Gasteiger partial charge in [0, 0.05) is 18.5 Å². The number of rotatable bonds is 2. The molecule has 2 fully saturated rings. The molecule has 20 heavy (non-hydrogen) atoms. The van der Waals surface area contributed by atoms with Crippen molar-refractivity contribution in [2.75, 3.05) is 11.9 Å². The molecule has 3 aliphatic rings. The Labute approximate surface area is 120 Å². The van der Waals surface area contributed by atoms with Gasteiger partial charge < -0.3 is 11.1 Å². The quantitative estimate of drug-likeness (QED) is 0.869. The van der Waals surface area contributed by atoms with Crippen molar-refractivity contribution in [2.24, 2.45) is 11.1 Å². The first-order chi connectivity index (χ1) is 9.66. The number of aromatic nitrogens is 3. The Morgan fingerprint density at radius 2 is 1.95 bits per heavy atom. The Kier molecular flexibility index (Phi) is 2.81. The third kappa shape index (κ3) is 2.03. The lowest BCUT2D eigenvalue weighted by Crippen LogP contribution is -2.29. The second-order valence-corrected chi connectivity index (χ2v) is 7.24. The van der Waals surface area contributed by atoms with Crippen LogP contribution in [-0.4, -0.2) is 27.4 Å². The number of nitrogens with one attached hydrogen (secondary N) is 1. The van der Waals surface area contributed by atoms with Crippen molar-refractivity contribution >= 4 is 5.95 Å². The van der Waals surface area contributed by atoms with Crippen molar-refractivity contribution in [3.05, 3.63) is 5.82 Å². The zero-order valence-electron chi connectivity index (χ0n) is 12.3. The van der Waals surface area contributed by atoms with Crippen LogP contribution in [0.15, 0.2) is 0 Å². The average molecular weight is 275 g/mol. The summed E-state index contributed by atoms with van der Waals surface area (Å²) in [6.45, 7) is 3.43. The SMILES string of the molecule is CC1(C2CCNc3nc(C4CCC(N)CC4)nn32)CC1. The molecule has 1 atom stereocenters. The highest BCUT2D eigenvalue weighted by Crippen LogP contribution is 2.56. The smallest absolute Gasteiger partial charge is 0.221 e. The molecule has 0 bridgehead atoms. The van der Waals surface area contributed by atoms with E-state index >= 15 is 0 Å². The molecule has 1 aromatic rings. The van der Waals surface area contributed by atoms with E-state index in [9.17, 15) is 0 Å². The minimum atomic E-state index is 0.389. The maximum absolute atomic E-state index is 6.00. The van der Waals surface area contributed by atoms with E-state index in [2.05, 4.69) is 16.9 Å². The largest absolute Gasteiger partial charge is 0.354 e. The van der Waals surface area contributed by atoms with E-state index < -0.39 is 0 Å². The minimum absolute atomic E-state index is 0.389. The van der Waals surface area contributed by atoms with Gasteiger partial charge in [0.1, 0.15) is 0 Å². The van der Waals surface area contributed by atoms with Gasteiger partial charge in [0.15, 0.2) is 5.82 Å². The maximum Gasteiger partial charge on any atom is 0.221 e. The first-order valence-electron chi connectivity index (χ1n) is 8.12. The standard InChI is InChI=1S/C15H25N5/c1-15(7-8-15)12-6-9-17-14-18-13(19-20(12)14)10-2-4-11(16)5-3-10/h10-12H,2-9,16H2,1H3,(H,17,18,19). The zero-order chi connectivity index (χ0) is 13.7. The van der Waals surface area contributed by atoms with Crippen molar-refractivity contribution < 1.29 is 0 Å². The summed E-state index contributed by atoms with van der Waals surface area (Å²) in [5, 5.41) is 8.32. The molecule has 3 N–H and O–H groups in total. The number of nitrogens with two attached hydrogens (primary N) is 1. The number of hydrogen-bond acceptors (Lipinski definition) is 4. The fourth-order valence-electron chi connectivity index (χ4n) is 3.85. The highest BCUT2D eigenvalue weighted by molar-refractivity contribution is 5.30. The lowest BCUT2D eigenvalue weighted by Gasteiger charge is -2.29. The van der Waals surface area contributed by atoms with E-state index in [0.717, 1.165) is 44.0 Å². The minimum Gasteiger partial charge on any atom is -0.354 e. The predicted octanol–water partition coefficient (Wildman–Crippen LogP) is 2.42. The fourth-order valence-corrected chi connectivity index (χ4v) is 3.85. The van der Waals surface area contributed by atoms with Crippen LogP contribution in [0, 0.1) is 5.41 Å². The van der Waals surface area contributed by atoms with Crippen LogP contribution in [0.1, 0.15) is 69.7 Å². The Balaban J connectivity index is 1.59. The van der Waals surface area contributed by atoms with Gasteiger partial charge in [0.2, 0.25) is 5.95 Å². The molecule has 0 saturated heterocycles. The number of anilines is 1. The van der Waals surface area contributed by atoms with E-state index in [1.54, 1.807) is 0 Å². The summed E-state index contributed by atoms with van der Waals surface area (Å²) in [6.07, 6.45) is 8.38. The van der Waals surface area contributed by atoms with Crippen LogP contribution in [0.25, 0.3) is 0 Å². The van der Waals surface area contributed by atoms with E-state index in [0.29, 0.717) is 23.4 Å². The fraction of sp³-hybridized carbons (Fsp3) is 0.867. The van der Waals surface area contributed by atoms with Crippen molar-refractivity contribution in [3.63, 3.8) is 0 Å². The summed E-state index contributed by atoms with van der Waals surface area (Å²) in [7, 11) is 0. The van der Waals surface area contributed by atoms with Crippen molar-refractivity contribution in [1.29, 1.82) is 0 Å². The molecule has 5 heteroatoms. The van der Waals surface area contributed by atoms with Gasteiger partial charge in [-0.3, -0.25) is 0 Å². The van der Waals surface area contributed by atoms with Gasteiger partial charge in [-0.25, -0.2) is 4.68 Å². The molecule has 1 unspecified atom stereocenters. The van der Waals surface area contributed by atoms with Crippen LogP contribution >= 0.6 is 0 Å². The van der Waals surface area contributed by atoms with Gasteiger partial charge >= 0.3 is 0 Å². The Hall–Kier alpha value is -1.10. The topological polar surface area (TPSA) is 68.8 Å². The number of fused-ring (bicyclic) bond motifs is 1. The molecule has 0 spiro atoms. The first kappa shape index (κ1) is 12.6. The van der Waals surface area contributed by atoms with E-state index in [1.807, 2.05) is 0 Å². The molecule has 2 saturated carbocycles. The highest BCUT2D eigenvalue weighted by Gasteiger charge is 2.48. The zero-order valence-corrected chi connectivity index (χ0v) is 12.3. The average Bonchev–Trinajstić information content (AvgIpc) is 3.04. The Morgan fingerprint density at radius 1 is 1.20 bits per heavy atom. The lowest BCUT2D eigenvalue weighted by molar-refractivity contribution is 0.281. The maximum atomic E-state index is 6.00.